The molecule has 0 aliphatic carbocycles. The summed E-state index contributed by atoms with van der Waals surface area (Å²) in [4.78, 5) is 26.1. The molecule has 4 nitrogen and oxygen atoms in total. The first kappa shape index (κ1) is 18.6. The van der Waals surface area contributed by atoms with Crippen molar-refractivity contribution in [1.82, 2.24) is 4.57 Å². The molecular weight excluding hydrogens is 414 g/mol. The number of carbonyl (C=O) groups is 2. The van der Waals surface area contributed by atoms with Gasteiger partial charge in [0.25, 0.3) is 0 Å². The van der Waals surface area contributed by atoms with Gasteiger partial charge in [-0.3, -0.25) is 4.79 Å². The molecule has 0 bridgehead atoms. The summed E-state index contributed by atoms with van der Waals surface area (Å²) in [6, 6.07) is 13.3. The van der Waals surface area contributed by atoms with Crippen molar-refractivity contribution in [3.8, 4) is 5.69 Å². The monoisotopic (exact) mass is 431 g/mol. The van der Waals surface area contributed by atoms with E-state index in [-0.39, 0.29) is 12.4 Å². The van der Waals surface area contributed by atoms with Gasteiger partial charge in [0, 0.05) is 32.0 Å². The van der Waals surface area contributed by atoms with Crippen LogP contribution in [0.2, 0.25) is 0 Å². The molecular formula is C20H18BrNO3S. The molecule has 26 heavy (non-hydrogen) atoms. The zero-order valence-corrected chi connectivity index (χ0v) is 17.1. The number of nitrogens with zero attached hydrogens (tertiary/aromatic N) is 1. The lowest BCUT2D eigenvalue weighted by molar-refractivity contribution is 0.0479. The van der Waals surface area contributed by atoms with Crippen LogP contribution in [0.5, 0.6) is 0 Å². The van der Waals surface area contributed by atoms with E-state index in [9.17, 15) is 9.59 Å². The molecule has 6 heteroatoms. The van der Waals surface area contributed by atoms with E-state index in [0.717, 1.165) is 26.4 Å². The zero-order valence-electron chi connectivity index (χ0n) is 14.7. The summed E-state index contributed by atoms with van der Waals surface area (Å²) in [5.74, 6) is -0.666. The Kier molecular flexibility index (Phi) is 5.44. The molecule has 0 amide bonds. The lowest BCUT2D eigenvalue weighted by atomic mass is 10.1. The van der Waals surface area contributed by atoms with E-state index < -0.39 is 5.97 Å². The Morgan fingerprint density at radius 2 is 1.77 bits per heavy atom. The first-order valence-corrected chi connectivity index (χ1v) is 9.69. The van der Waals surface area contributed by atoms with Gasteiger partial charge in [-0.05, 0) is 63.2 Å². The summed E-state index contributed by atoms with van der Waals surface area (Å²) in [6.07, 6.45) is 0. The van der Waals surface area contributed by atoms with Crippen LogP contribution in [-0.4, -0.2) is 22.9 Å². The second-order valence-corrected chi connectivity index (χ2v) is 8.21. The van der Waals surface area contributed by atoms with E-state index >= 15 is 0 Å². The molecule has 0 spiro atoms. The van der Waals surface area contributed by atoms with Crippen molar-refractivity contribution < 1.29 is 14.3 Å². The van der Waals surface area contributed by atoms with Crippen molar-refractivity contribution >= 4 is 39.0 Å². The van der Waals surface area contributed by atoms with Crippen molar-refractivity contribution in [2.24, 2.45) is 0 Å². The smallest absolute Gasteiger partial charge is 0.348 e. The highest BCUT2D eigenvalue weighted by molar-refractivity contribution is 9.10. The number of esters is 1. The average Bonchev–Trinajstić information content (AvgIpc) is 3.17. The first-order chi connectivity index (χ1) is 12.4. The molecule has 1 aromatic carbocycles. The van der Waals surface area contributed by atoms with Crippen LogP contribution < -0.4 is 0 Å². The van der Waals surface area contributed by atoms with Crippen molar-refractivity contribution in [2.75, 3.05) is 6.61 Å². The summed E-state index contributed by atoms with van der Waals surface area (Å²) >= 11 is 4.78. The predicted molar refractivity (Wildman–Crippen MR) is 107 cm³/mol. The highest BCUT2D eigenvalue weighted by Gasteiger charge is 2.19. The maximum atomic E-state index is 12.6. The standard InChI is InChI=1S/C20H18BrNO3S/c1-12-10-17(14(3)22(12)16-7-5-15(21)6-8-16)18(23)11-25-20(24)19-9-4-13(2)26-19/h4-10H,11H2,1-3H3. The van der Waals surface area contributed by atoms with Crippen molar-refractivity contribution in [2.45, 2.75) is 20.8 Å². The Bertz CT molecular complexity index is 970. The topological polar surface area (TPSA) is 48.3 Å². The SMILES string of the molecule is Cc1ccc(C(=O)OCC(=O)c2cc(C)n(-c3ccc(Br)cc3)c2C)s1. The molecule has 0 saturated heterocycles. The van der Waals surface area contributed by atoms with E-state index in [1.54, 1.807) is 6.07 Å². The van der Waals surface area contributed by atoms with Gasteiger partial charge >= 0.3 is 5.97 Å². The Morgan fingerprint density at radius 1 is 1.08 bits per heavy atom. The largest absolute Gasteiger partial charge is 0.453 e. The lowest BCUT2D eigenvalue weighted by Gasteiger charge is -2.10. The predicted octanol–water partition coefficient (Wildman–Crippen LogP) is 5.27. The Morgan fingerprint density at radius 3 is 2.38 bits per heavy atom. The third-order valence-corrected chi connectivity index (χ3v) is 5.60. The van der Waals surface area contributed by atoms with Crippen LogP contribution in [0.1, 0.15) is 36.3 Å². The molecule has 0 aliphatic rings. The van der Waals surface area contributed by atoms with E-state index in [1.165, 1.54) is 11.3 Å². The fraction of sp³-hybridized carbons (Fsp3) is 0.200. The Balaban J connectivity index is 1.77. The van der Waals surface area contributed by atoms with Gasteiger partial charge in [0.05, 0.1) is 0 Å². The number of rotatable bonds is 5. The van der Waals surface area contributed by atoms with Gasteiger partial charge in [0.15, 0.2) is 6.61 Å². The van der Waals surface area contributed by atoms with Gasteiger partial charge in [-0.1, -0.05) is 15.9 Å². The van der Waals surface area contributed by atoms with Gasteiger partial charge in [0.2, 0.25) is 5.78 Å². The second-order valence-electron chi connectivity index (χ2n) is 6.01. The molecule has 0 saturated carbocycles. The molecule has 0 fully saturated rings. The van der Waals surface area contributed by atoms with Crippen molar-refractivity contribution in [3.05, 3.63) is 73.6 Å². The fourth-order valence-corrected chi connectivity index (χ4v) is 3.88. The van der Waals surface area contributed by atoms with Crippen LogP contribution in [0.4, 0.5) is 0 Å². The van der Waals surface area contributed by atoms with Crippen LogP contribution in [0.15, 0.2) is 46.9 Å². The van der Waals surface area contributed by atoms with Gasteiger partial charge in [-0.15, -0.1) is 11.3 Å². The van der Waals surface area contributed by atoms with E-state index in [4.69, 9.17) is 4.74 Å². The number of ketones is 1. The van der Waals surface area contributed by atoms with Gasteiger partial charge in [-0.25, -0.2) is 4.79 Å². The van der Waals surface area contributed by atoms with Crippen LogP contribution >= 0.6 is 27.3 Å². The van der Waals surface area contributed by atoms with Crippen LogP contribution in [0.25, 0.3) is 5.69 Å². The number of hydrogen-bond acceptors (Lipinski definition) is 4. The molecule has 0 radical (unpaired) electrons. The number of ether oxygens (including phenoxy) is 1. The number of hydrogen-bond donors (Lipinski definition) is 0. The van der Waals surface area contributed by atoms with E-state index in [2.05, 4.69) is 15.9 Å². The van der Waals surface area contributed by atoms with E-state index in [0.29, 0.717) is 10.4 Å². The van der Waals surface area contributed by atoms with Crippen LogP contribution in [0.3, 0.4) is 0 Å². The number of carbonyl (C=O) groups excluding carboxylic acids is 2. The molecule has 0 N–H and O–H groups in total. The minimum absolute atomic E-state index is 0.205. The number of thiophene rings is 1. The third kappa shape index (κ3) is 3.81. The Labute approximate surface area is 164 Å². The quantitative estimate of drug-likeness (QED) is 0.408. The van der Waals surface area contributed by atoms with Crippen molar-refractivity contribution in [3.63, 3.8) is 0 Å². The summed E-state index contributed by atoms with van der Waals surface area (Å²) in [5.41, 5.74) is 3.33. The number of benzene rings is 1. The maximum Gasteiger partial charge on any atom is 0.348 e. The molecule has 2 heterocycles. The second kappa shape index (κ2) is 7.60. The first-order valence-electron chi connectivity index (χ1n) is 8.08. The lowest BCUT2D eigenvalue weighted by Crippen LogP contribution is -2.14. The molecule has 0 atom stereocenters. The molecule has 0 unspecified atom stereocenters. The van der Waals surface area contributed by atoms with Gasteiger partial charge < -0.3 is 9.30 Å². The van der Waals surface area contributed by atoms with E-state index in [1.807, 2.05) is 61.7 Å². The number of aryl methyl sites for hydroxylation is 2. The highest BCUT2D eigenvalue weighted by Crippen LogP contribution is 2.23. The van der Waals surface area contributed by atoms with Gasteiger partial charge in [0.1, 0.15) is 4.88 Å². The van der Waals surface area contributed by atoms with Crippen LogP contribution in [0, 0.1) is 20.8 Å². The number of Topliss-reactive ketones (excluding diaryl/α,β-unsaturated/α-hetero) is 1. The fourth-order valence-electron chi connectivity index (χ4n) is 2.86. The Hall–Kier alpha value is -2.18. The van der Waals surface area contributed by atoms with Crippen LogP contribution in [-0.2, 0) is 4.74 Å². The normalized spacial score (nSPS) is 10.8. The molecule has 3 rings (SSSR count). The summed E-state index contributed by atoms with van der Waals surface area (Å²) in [5, 5.41) is 0. The summed E-state index contributed by atoms with van der Waals surface area (Å²) in [7, 11) is 0. The van der Waals surface area contributed by atoms with Gasteiger partial charge in [-0.2, -0.15) is 0 Å². The third-order valence-electron chi connectivity index (χ3n) is 4.09. The number of halogens is 1. The highest BCUT2D eigenvalue weighted by atomic mass is 79.9. The minimum Gasteiger partial charge on any atom is -0.453 e. The molecule has 2 aromatic heterocycles. The molecule has 0 aliphatic heterocycles. The summed E-state index contributed by atoms with van der Waals surface area (Å²) < 4.78 is 8.20. The number of aromatic nitrogens is 1. The zero-order chi connectivity index (χ0) is 18.8. The van der Waals surface area contributed by atoms with Crippen molar-refractivity contribution in [1.29, 1.82) is 0 Å². The summed E-state index contributed by atoms with van der Waals surface area (Å²) in [6.45, 7) is 5.50. The average molecular weight is 432 g/mol. The maximum absolute atomic E-state index is 12.6. The molecule has 3 aromatic rings. The molecule has 134 valence electrons. The minimum atomic E-state index is -0.460.